The van der Waals surface area contributed by atoms with E-state index in [-0.39, 0.29) is 38.3 Å². The number of aliphatic hydroxyl groups is 1. The van der Waals surface area contributed by atoms with E-state index in [4.69, 9.17) is 4.74 Å². The molecule has 2 aliphatic rings. The summed E-state index contributed by atoms with van der Waals surface area (Å²) in [5, 5.41) is 15.2. The fourth-order valence-electron chi connectivity index (χ4n) is 4.29. The lowest BCUT2D eigenvalue weighted by molar-refractivity contribution is -0.156. The SMILES string of the molecule is CC1CNC(=O)C(C(=O)N[C@@H](CO)c2ccccc2)CC=CCC(CC(=O)N2CCCC2)C(=O)O1. The number of allylic oxidation sites excluding steroid dienone is 2. The van der Waals surface area contributed by atoms with Gasteiger partial charge in [-0.25, -0.2) is 0 Å². The number of hydrogen-bond donors (Lipinski definition) is 3. The van der Waals surface area contributed by atoms with Crippen molar-refractivity contribution in [1.29, 1.82) is 0 Å². The first-order chi connectivity index (χ1) is 16.9. The fraction of sp³-hybridized carbons (Fsp3) is 0.538. The highest BCUT2D eigenvalue weighted by Crippen LogP contribution is 2.20. The number of rotatable bonds is 6. The summed E-state index contributed by atoms with van der Waals surface area (Å²) in [5.74, 6) is -3.15. The van der Waals surface area contributed by atoms with Gasteiger partial charge in [-0.15, -0.1) is 0 Å². The molecular weight excluding hydrogens is 450 g/mol. The first-order valence-corrected chi connectivity index (χ1v) is 12.3. The van der Waals surface area contributed by atoms with Gasteiger partial charge < -0.3 is 25.4 Å². The van der Waals surface area contributed by atoms with Gasteiger partial charge in [-0.1, -0.05) is 42.5 Å². The Morgan fingerprint density at radius 2 is 1.83 bits per heavy atom. The zero-order valence-electron chi connectivity index (χ0n) is 20.2. The number of nitrogens with one attached hydrogen (secondary N) is 2. The van der Waals surface area contributed by atoms with Crippen LogP contribution in [-0.2, 0) is 23.9 Å². The molecule has 35 heavy (non-hydrogen) atoms. The van der Waals surface area contributed by atoms with Crippen LogP contribution in [0.5, 0.6) is 0 Å². The second-order valence-electron chi connectivity index (χ2n) is 9.13. The number of hydrogen-bond acceptors (Lipinski definition) is 6. The highest BCUT2D eigenvalue weighted by molar-refractivity contribution is 6.00. The van der Waals surface area contributed by atoms with Crippen LogP contribution in [0, 0.1) is 11.8 Å². The van der Waals surface area contributed by atoms with Gasteiger partial charge in [0.05, 0.1) is 25.1 Å². The van der Waals surface area contributed by atoms with E-state index < -0.39 is 41.8 Å². The Labute approximate surface area is 205 Å². The Balaban J connectivity index is 1.69. The molecular formula is C26H35N3O6. The zero-order valence-corrected chi connectivity index (χ0v) is 20.2. The molecule has 1 aromatic rings. The number of amides is 3. The molecule has 190 valence electrons. The average molecular weight is 486 g/mol. The third-order valence-corrected chi connectivity index (χ3v) is 6.39. The van der Waals surface area contributed by atoms with Gasteiger partial charge in [-0.3, -0.25) is 19.2 Å². The maximum atomic E-state index is 13.0. The monoisotopic (exact) mass is 485 g/mol. The number of nitrogens with zero attached hydrogens (tertiary/aromatic N) is 1. The van der Waals surface area contributed by atoms with Crippen LogP contribution in [0.25, 0.3) is 0 Å². The molecule has 2 aliphatic heterocycles. The largest absolute Gasteiger partial charge is 0.461 e. The van der Waals surface area contributed by atoms with Crippen LogP contribution in [0.3, 0.4) is 0 Å². The minimum atomic E-state index is -1.02. The van der Waals surface area contributed by atoms with E-state index in [2.05, 4.69) is 10.6 Å². The molecule has 3 N–H and O–H groups in total. The van der Waals surface area contributed by atoms with Crippen molar-refractivity contribution in [3.63, 3.8) is 0 Å². The quantitative estimate of drug-likeness (QED) is 0.318. The van der Waals surface area contributed by atoms with E-state index in [9.17, 15) is 24.3 Å². The van der Waals surface area contributed by atoms with E-state index in [0.717, 1.165) is 18.4 Å². The summed E-state index contributed by atoms with van der Waals surface area (Å²) >= 11 is 0. The van der Waals surface area contributed by atoms with Crippen molar-refractivity contribution in [3.8, 4) is 0 Å². The van der Waals surface area contributed by atoms with E-state index >= 15 is 0 Å². The van der Waals surface area contributed by atoms with E-state index in [1.54, 1.807) is 36.1 Å². The normalized spacial score (nSPS) is 24.5. The summed E-state index contributed by atoms with van der Waals surface area (Å²) in [6, 6.07) is 8.41. The average Bonchev–Trinajstić information content (AvgIpc) is 3.40. The van der Waals surface area contributed by atoms with Gasteiger partial charge >= 0.3 is 5.97 Å². The molecule has 0 saturated carbocycles. The third kappa shape index (κ3) is 7.65. The molecule has 1 saturated heterocycles. The number of aliphatic hydroxyl groups excluding tert-OH is 1. The van der Waals surface area contributed by atoms with Crippen molar-refractivity contribution in [2.24, 2.45) is 11.8 Å². The Bertz CT molecular complexity index is 913. The van der Waals surface area contributed by atoms with Crippen molar-refractivity contribution < 1.29 is 29.0 Å². The van der Waals surface area contributed by atoms with Gasteiger partial charge in [0.25, 0.3) is 0 Å². The van der Waals surface area contributed by atoms with Crippen LogP contribution in [0.1, 0.15) is 50.6 Å². The molecule has 4 atom stereocenters. The zero-order chi connectivity index (χ0) is 25.2. The number of likely N-dealkylation sites (tertiary alicyclic amines) is 1. The Hall–Kier alpha value is -3.20. The Morgan fingerprint density at radius 1 is 1.14 bits per heavy atom. The lowest BCUT2D eigenvalue weighted by atomic mass is 9.97. The second-order valence-corrected chi connectivity index (χ2v) is 9.13. The summed E-state index contributed by atoms with van der Waals surface area (Å²) in [5.41, 5.74) is 0.735. The van der Waals surface area contributed by atoms with E-state index in [1.165, 1.54) is 0 Å². The topological polar surface area (TPSA) is 125 Å². The molecule has 3 rings (SSSR count). The fourth-order valence-corrected chi connectivity index (χ4v) is 4.29. The van der Waals surface area contributed by atoms with Crippen molar-refractivity contribution in [1.82, 2.24) is 15.5 Å². The van der Waals surface area contributed by atoms with Gasteiger partial charge in [0, 0.05) is 19.5 Å². The minimum absolute atomic E-state index is 0.0486. The first-order valence-electron chi connectivity index (χ1n) is 12.3. The van der Waals surface area contributed by atoms with E-state index in [1.807, 2.05) is 18.2 Å². The number of carbonyl (C=O) groups is 4. The predicted molar refractivity (Wildman–Crippen MR) is 129 cm³/mol. The van der Waals surface area contributed by atoms with Gasteiger partial charge in [-0.2, -0.15) is 0 Å². The predicted octanol–water partition coefficient (Wildman–Crippen LogP) is 1.48. The Morgan fingerprint density at radius 3 is 2.51 bits per heavy atom. The molecule has 0 radical (unpaired) electrons. The lowest BCUT2D eigenvalue weighted by Crippen LogP contribution is -2.45. The molecule has 3 unspecified atom stereocenters. The molecule has 1 fully saturated rings. The Kier molecular flexibility index (Phi) is 9.84. The maximum Gasteiger partial charge on any atom is 0.310 e. The van der Waals surface area contributed by atoms with Crippen LogP contribution in [0.2, 0.25) is 0 Å². The maximum absolute atomic E-state index is 13.0. The summed E-state index contributed by atoms with van der Waals surface area (Å²) in [7, 11) is 0. The molecule has 0 aliphatic carbocycles. The molecule has 0 spiro atoms. The van der Waals surface area contributed by atoms with Crippen molar-refractivity contribution in [2.45, 2.75) is 51.2 Å². The van der Waals surface area contributed by atoms with Crippen LogP contribution in [-0.4, -0.2) is 66.0 Å². The summed E-state index contributed by atoms with van der Waals surface area (Å²) in [4.78, 5) is 52.9. The van der Waals surface area contributed by atoms with Gasteiger partial charge in [-0.05, 0) is 38.2 Å². The molecule has 9 nitrogen and oxygen atoms in total. The van der Waals surface area contributed by atoms with Crippen molar-refractivity contribution in [3.05, 3.63) is 48.0 Å². The van der Waals surface area contributed by atoms with Crippen molar-refractivity contribution in [2.75, 3.05) is 26.2 Å². The standard InChI is InChI=1S/C26H35N3O6/c1-18-16-27-24(32)21(25(33)28-22(17-30)19-9-3-2-4-10-19)12-6-5-11-20(26(34)35-18)15-23(31)29-13-7-8-14-29/h2-6,9-10,18,20-22,30H,7-8,11-17H2,1H3,(H,27,32)(H,28,33)/t18?,20?,21?,22-/m0/s1. The number of carbonyl (C=O) groups excluding carboxylic acids is 4. The minimum Gasteiger partial charge on any atom is -0.461 e. The number of ether oxygens (including phenoxy) is 1. The number of cyclic esters (lactones) is 1. The van der Waals surface area contributed by atoms with Crippen LogP contribution in [0.4, 0.5) is 0 Å². The smallest absolute Gasteiger partial charge is 0.310 e. The third-order valence-electron chi connectivity index (χ3n) is 6.39. The highest BCUT2D eigenvalue weighted by Gasteiger charge is 2.31. The summed E-state index contributed by atoms with van der Waals surface area (Å²) in [6.45, 7) is 2.83. The first kappa shape index (κ1) is 26.4. The van der Waals surface area contributed by atoms with E-state index in [0.29, 0.717) is 13.1 Å². The molecule has 1 aromatic carbocycles. The molecule has 2 heterocycles. The van der Waals surface area contributed by atoms with Gasteiger partial charge in [0.2, 0.25) is 17.7 Å². The number of benzene rings is 1. The van der Waals surface area contributed by atoms with Crippen LogP contribution in [0.15, 0.2) is 42.5 Å². The van der Waals surface area contributed by atoms with Gasteiger partial charge in [0.15, 0.2) is 0 Å². The van der Waals surface area contributed by atoms with Crippen LogP contribution >= 0.6 is 0 Å². The molecule has 9 heteroatoms. The lowest BCUT2D eigenvalue weighted by Gasteiger charge is -2.24. The molecule has 3 amide bonds. The molecule has 0 aromatic heterocycles. The summed E-state index contributed by atoms with van der Waals surface area (Å²) < 4.78 is 5.49. The summed E-state index contributed by atoms with van der Waals surface area (Å²) in [6.07, 6.45) is 5.23. The van der Waals surface area contributed by atoms with Crippen molar-refractivity contribution >= 4 is 23.7 Å². The van der Waals surface area contributed by atoms with Crippen LogP contribution < -0.4 is 10.6 Å². The number of esters is 1. The highest BCUT2D eigenvalue weighted by atomic mass is 16.5. The van der Waals surface area contributed by atoms with Gasteiger partial charge in [0.1, 0.15) is 12.0 Å². The molecule has 0 bridgehead atoms. The second kappa shape index (κ2) is 13.0.